The average molecular weight is 358 g/mol. The van der Waals surface area contributed by atoms with E-state index in [1.807, 2.05) is 38.3 Å². The summed E-state index contributed by atoms with van der Waals surface area (Å²) in [6, 6.07) is 21.1. The lowest BCUT2D eigenvalue weighted by atomic mass is 9.97. The van der Waals surface area contributed by atoms with Crippen LogP contribution in [0.15, 0.2) is 71.3 Å². The number of para-hydroxylation sites is 1. The maximum atomic E-state index is 5.66. The van der Waals surface area contributed by atoms with E-state index < -0.39 is 0 Å². The molecule has 4 aromatic rings. The summed E-state index contributed by atoms with van der Waals surface area (Å²) < 4.78 is 11.1. The maximum absolute atomic E-state index is 5.66. The molecular formula is C25H26O2. The molecule has 1 heterocycles. The zero-order valence-corrected chi connectivity index (χ0v) is 16.7. The van der Waals surface area contributed by atoms with Crippen molar-refractivity contribution >= 4 is 11.0 Å². The van der Waals surface area contributed by atoms with Crippen LogP contribution in [0, 0.1) is 13.8 Å². The molecule has 0 atom stereocenters. The molecule has 0 unspecified atom stereocenters. The molecule has 0 fully saturated rings. The van der Waals surface area contributed by atoms with E-state index in [1.54, 1.807) is 7.11 Å². The molecule has 27 heavy (non-hydrogen) atoms. The zero-order chi connectivity index (χ0) is 19.4. The number of rotatable bonds is 3. The van der Waals surface area contributed by atoms with Crippen molar-refractivity contribution in [1.82, 2.24) is 0 Å². The molecule has 2 heteroatoms. The Hall–Kier alpha value is -3.00. The lowest BCUT2D eigenvalue weighted by Crippen LogP contribution is -1.92. The van der Waals surface area contributed by atoms with E-state index in [2.05, 4.69) is 56.3 Å². The molecule has 0 saturated heterocycles. The smallest absolute Gasteiger partial charge is 0.134 e. The van der Waals surface area contributed by atoms with Crippen LogP contribution in [-0.2, 0) is 0 Å². The highest BCUT2D eigenvalue weighted by molar-refractivity contribution is 5.94. The Morgan fingerprint density at radius 1 is 0.741 bits per heavy atom. The minimum Gasteiger partial charge on any atom is -0.496 e. The molecule has 4 rings (SSSR count). The van der Waals surface area contributed by atoms with Crippen molar-refractivity contribution in [2.75, 3.05) is 7.11 Å². The molecule has 0 aliphatic carbocycles. The summed E-state index contributed by atoms with van der Waals surface area (Å²) in [6.45, 7) is 8.17. The summed E-state index contributed by atoms with van der Waals surface area (Å²) in [5.74, 6) is 0.963. The second-order valence-corrected chi connectivity index (χ2v) is 6.37. The molecule has 0 aliphatic heterocycles. The van der Waals surface area contributed by atoms with Gasteiger partial charge in [-0.05, 0) is 59.9 Å². The van der Waals surface area contributed by atoms with Gasteiger partial charge >= 0.3 is 0 Å². The van der Waals surface area contributed by atoms with Gasteiger partial charge in [0.05, 0.1) is 13.4 Å². The summed E-state index contributed by atoms with van der Waals surface area (Å²) in [5, 5.41) is 1.14. The van der Waals surface area contributed by atoms with Gasteiger partial charge in [-0.25, -0.2) is 0 Å². The van der Waals surface area contributed by atoms with Crippen LogP contribution in [0.3, 0.4) is 0 Å². The van der Waals surface area contributed by atoms with Crippen molar-refractivity contribution < 1.29 is 9.15 Å². The highest BCUT2D eigenvalue weighted by atomic mass is 16.5. The number of methoxy groups -OCH3 is 1. The number of hydrogen-bond donors (Lipinski definition) is 0. The maximum Gasteiger partial charge on any atom is 0.134 e. The van der Waals surface area contributed by atoms with E-state index in [4.69, 9.17) is 9.15 Å². The van der Waals surface area contributed by atoms with Crippen LogP contribution in [0.5, 0.6) is 5.75 Å². The van der Waals surface area contributed by atoms with Gasteiger partial charge in [0.25, 0.3) is 0 Å². The van der Waals surface area contributed by atoms with Gasteiger partial charge in [-0.15, -0.1) is 0 Å². The fraction of sp³-hybridized carbons (Fsp3) is 0.200. The molecule has 0 amide bonds. The Labute approximate surface area is 161 Å². The molecule has 0 N–H and O–H groups in total. The second kappa shape index (κ2) is 8.13. The van der Waals surface area contributed by atoms with E-state index in [0.29, 0.717) is 0 Å². The molecule has 1 aromatic heterocycles. The summed E-state index contributed by atoms with van der Waals surface area (Å²) in [7, 11) is 1.72. The van der Waals surface area contributed by atoms with Crippen LogP contribution in [0.2, 0.25) is 0 Å². The molecule has 0 radical (unpaired) electrons. The highest BCUT2D eigenvalue weighted by Crippen LogP contribution is 2.33. The third kappa shape index (κ3) is 3.61. The Kier molecular flexibility index (Phi) is 5.66. The second-order valence-electron chi connectivity index (χ2n) is 6.37. The number of furan rings is 1. The van der Waals surface area contributed by atoms with E-state index >= 15 is 0 Å². The van der Waals surface area contributed by atoms with E-state index in [9.17, 15) is 0 Å². The molecule has 0 spiro atoms. The van der Waals surface area contributed by atoms with Crippen LogP contribution in [-0.4, -0.2) is 7.11 Å². The first-order chi connectivity index (χ1) is 13.2. The monoisotopic (exact) mass is 358 g/mol. The van der Waals surface area contributed by atoms with Gasteiger partial charge in [0.15, 0.2) is 0 Å². The molecule has 138 valence electrons. The first kappa shape index (κ1) is 18.8. The minimum absolute atomic E-state index is 0.919. The quantitative estimate of drug-likeness (QED) is 0.380. The molecule has 3 aromatic carbocycles. The topological polar surface area (TPSA) is 22.4 Å². The van der Waals surface area contributed by atoms with Crippen LogP contribution in [0.25, 0.3) is 33.2 Å². The first-order valence-corrected chi connectivity index (χ1v) is 9.39. The standard InChI is InChI=1S/C23H20O2.C2H6/c1-15-12-19(13-16(2)23(15)24-3)17-8-10-18(11-9-17)21-14-25-22-7-5-4-6-20(21)22;1-2/h4-14H,1-3H3;1-2H3. The van der Waals surface area contributed by atoms with Crippen molar-refractivity contribution in [1.29, 1.82) is 0 Å². The molecular weight excluding hydrogens is 332 g/mol. The fourth-order valence-electron chi connectivity index (χ4n) is 3.48. The van der Waals surface area contributed by atoms with Gasteiger partial charge in [-0.1, -0.05) is 56.3 Å². The normalized spacial score (nSPS) is 10.4. The summed E-state index contributed by atoms with van der Waals surface area (Å²) in [5.41, 5.74) is 7.93. The number of benzene rings is 3. The predicted molar refractivity (Wildman–Crippen MR) is 114 cm³/mol. The van der Waals surface area contributed by atoms with Crippen molar-refractivity contribution in [3.8, 4) is 28.0 Å². The summed E-state index contributed by atoms with van der Waals surface area (Å²) in [4.78, 5) is 0. The minimum atomic E-state index is 0.919. The molecule has 0 bridgehead atoms. The lowest BCUT2D eigenvalue weighted by Gasteiger charge is -2.12. The van der Waals surface area contributed by atoms with Gasteiger partial charge in [0.1, 0.15) is 11.3 Å². The van der Waals surface area contributed by atoms with Gasteiger partial charge in [-0.3, -0.25) is 0 Å². The van der Waals surface area contributed by atoms with E-state index in [0.717, 1.165) is 39.0 Å². The molecule has 2 nitrogen and oxygen atoms in total. The van der Waals surface area contributed by atoms with E-state index in [-0.39, 0.29) is 0 Å². The van der Waals surface area contributed by atoms with Crippen molar-refractivity contribution in [2.24, 2.45) is 0 Å². The largest absolute Gasteiger partial charge is 0.496 e. The summed E-state index contributed by atoms with van der Waals surface area (Å²) >= 11 is 0. The van der Waals surface area contributed by atoms with E-state index in [1.165, 1.54) is 11.1 Å². The molecule has 0 aliphatic rings. The lowest BCUT2D eigenvalue weighted by molar-refractivity contribution is 0.408. The Morgan fingerprint density at radius 3 is 1.96 bits per heavy atom. The van der Waals surface area contributed by atoms with Crippen LogP contribution in [0.1, 0.15) is 25.0 Å². The third-order valence-electron chi connectivity index (χ3n) is 4.67. The number of aryl methyl sites for hydroxylation is 2. The predicted octanol–water partition coefficient (Wildman–Crippen LogP) is 7.42. The highest BCUT2D eigenvalue weighted by Gasteiger charge is 2.09. The van der Waals surface area contributed by atoms with Crippen LogP contribution < -0.4 is 4.74 Å². The van der Waals surface area contributed by atoms with Crippen molar-refractivity contribution in [2.45, 2.75) is 27.7 Å². The SMILES string of the molecule is CC.COc1c(C)cc(-c2ccc(-c3coc4ccccc34)cc2)cc1C. The summed E-state index contributed by atoms with van der Waals surface area (Å²) in [6.07, 6.45) is 1.83. The zero-order valence-electron chi connectivity index (χ0n) is 16.7. The van der Waals surface area contributed by atoms with Gasteiger partial charge in [0.2, 0.25) is 0 Å². The van der Waals surface area contributed by atoms with Gasteiger partial charge in [0, 0.05) is 10.9 Å². The van der Waals surface area contributed by atoms with Gasteiger partial charge in [-0.2, -0.15) is 0 Å². The van der Waals surface area contributed by atoms with Crippen molar-refractivity contribution in [3.63, 3.8) is 0 Å². The average Bonchev–Trinajstić information content (AvgIpc) is 3.13. The number of fused-ring (bicyclic) bond motifs is 1. The number of hydrogen-bond acceptors (Lipinski definition) is 2. The fourth-order valence-corrected chi connectivity index (χ4v) is 3.48. The van der Waals surface area contributed by atoms with Crippen LogP contribution >= 0.6 is 0 Å². The Morgan fingerprint density at radius 2 is 1.33 bits per heavy atom. The Bertz CT molecular complexity index is 1020. The van der Waals surface area contributed by atoms with Crippen molar-refractivity contribution in [3.05, 3.63) is 78.1 Å². The first-order valence-electron chi connectivity index (χ1n) is 9.39. The van der Waals surface area contributed by atoms with Crippen LogP contribution in [0.4, 0.5) is 0 Å². The van der Waals surface area contributed by atoms with Gasteiger partial charge < -0.3 is 9.15 Å². The third-order valence-corrected chi connectivity index (χ3v) is 4.67. The molecule has 0 saturated carbocycles. The Balaban J connectivity index is 0.00000102. The number of ether oxygens (including phenoxy) is 1.